The molecule has 1 saturated carbocycles. The fraction of sp³-hybridized carbons (Fsp3) is 0.500. The van der Waals surface area contributed by atoms with E-state index in [1.54, 1.807) is 18.2 Å². The highest BCUT2D eigenvalue weighted by Crippen LogP contribution is 2.29. The van der Waals surface area contributed by atoms with Crippen molar-refractivity contribution in [2.75, 3.05) is 6.54 Å². The molecule has 0 heterocycles. The fourth-order valence-corrected chi connectivity index (χ4v) is 1.97. The van der Waals surface area contributed by atoms with E-state index in [0.29, 0.717) is 18.5 Å². The molecule has 0 saturated heterocycles. The van der Waals surface area contributed by atoms with Crippen LogP contribution in [0.3, 0.4) is 0 Å². The lowest BCUT2D eigenvalue weighted by atomic mass is 10.1. The van der Waals surface area contributed by atoms with Crippen LogP contribution in [0.15, 0.2) is 24.3 Å². The van der Waals surface area contributed by atoms with Gasteiger partial charge in [0, 0.05) is 12.6 Å². The van der Waals surface area contributed by atoms with E-state index in [4.69, 9.17) is 0 Å². The predicted octanol–water partition coefficient (Wildman–Crippen LogP) is 3.09. The van der Waals surface area contributed by atoms with Gasteiger partial charge in [0.25, 0.3) is 5.91 Å². The molecule has 0 aromatic heterocycles. The number of hydrogen-bond acceptors (Lipinski definition) is 1. The van der Waals surface area contributed by atoms with Crippen molar-refractivity contribution in [2.24, 2.45) is 5.92 Å². The maximum absolute atomic E-state index is 13.6. The second kappa shape index (κ2) is 4.86. The molecule has 0 aliphatic heterocycles. The Labute approximate surface area is 101 Å². The lowest BCUT2D eigenvalue weighted by Crippen LogP contribution is -2.36. The summed E-state index contributed by atoms with van der Waals surface area (Å²) in [4.78, 5) is 14.1. The largest absolute Gasteiger partial charge is 0.335 e. The molecule has 1 aliphatic rings. The van der Waals surface area contributed by atoms with Crippen LogP contribution >= 0.6 is 0 Å². The summed E-state index contributed by atoms with van der Waals surface area (Å²) in [5.74, 6) is -0.183. The molecule has 0 unspecified atom stereocenters. The van der Waals surface area contributed by atoms with Crippen LogP contribution in [-0.2, 0) is 0 Å². The van der Waals surface area contributed by atoms with Gasteiger partial charge in [-0.3, -0.25) is 4.79 Å². The van der Waals surface area contributed by atoms with Crippen molar-refractivity contribution < 1.29 is 9.18 Å². The zero-order valence-electron chi connectivity index (χ0n) is 10.3. The van der Waals surface area contributed by atoms with Crippen LogP contribution in [0.5, 0.6) is 0 Å². The molecular weight excluding hydrogens is 217 g/mol. The van der Waals surface area contributed by atoms with Gasteiger partial charge in [0.15, 0.2) is 0 Å². The quantitative estimate of drug-likeness (QED) is 0.785. The van der Waals surface area contributed by atoms with E-state index < -0.39 is 5.82 Å². The molecule has 1 aliphatic carbocycles. The molecule has 0 N–H and O–H groups in total. The third kappa shape index (κ3) is 2.84. The van der Waals surface area contributed by atoms with E-state index >= 15 is 0 Å². The number of nitrogens with zero attached hydrogens (tertiary/aromatic N) is 1. The molecule has 2 rings (SSSR count). The maximum atomic E-state index is 13.6. The first-order valence-corrected chi connectivity index (χ1v) is 6.15. The molecule has 0 bridgehead atoms. The predicted molar refractivity (Wildman–Crippen MR) is 65.3 cm³/mol. The van der Waals surface area contributed by atoms with E-state index in [0.717, 1.165) is 12.8 Å². The minimum Gasteiger partial charge on any atom is -0.335 e. The highest BCUT2D eigenvalue weighted by atomic mass is 19.1. The van der Waals surface area contributed by atoms with Crippen molar-refractivity contribution in [3.05, 3.63) is 35.6 Å². The number of benzene rings is 1. The minimum atomic E-state index is -0.424. The Kier molecular flexibility index (Phi) is 3.46. The molecule has 0 spiro atoms. The van der Waals surface area contributed by atoms with Crippen molar-refractivity contribution in [1.82, 2.24) is 4.90 Å². The number of amides is 1. The topological polar surface area (TPSA) is 20.3 Å². The van der Waals surface area contributed by atoms with Crippen LogP contribution < -0.4 is 0 Å². The minimum absolute atomic E-state index is 0.167. The summed E-state index contributed by atoms with van der Waals surface area (Å²) in [5, 5.41) is 0. The first-order chi connectivity index (χ1) is 8.09. The second-order valence-corrected chi connectivity index (χ2v) is 5.06. The second-order valence-electron chi connectivity index (χ2n) is 5.06. The van der Waals surface area contributed by atoms with Gasteiger partial charge in [0.1, 0.15) is 5.82 Å². The van der Waals surface area contributed by atoms with Crippen LogP contribution in [0.2, 0.25) is 0 Å². The zero-order valence-corrected chi connectivity index (χ0v) is 10.3. The third-order valence-corrected chi connectivity index (χ3v) is 2.91. The Morgan fingerprint density at radius 2 is 2.06 bits per heavy atom. The Hall–Kier alpha value is -1.38. The third-order valence-electron chi connectivity index (χ3n) is 2.91. The summed E-state index contributed by atoms with van der Waals surface area (Å²) < 4.78 is 13.6. The smallest absolute Gasteiger partial charge is 0.257 e. The number of hydrogen-bond donors (Lipinski definition) is 0. The summed E-state index contributed by atoms with van der Waals surface area (Å²) >= 11 is 0. The van der Waals surface area contributed by atoms with E-state index in [2.05, 4.69) is 13.8 Å². The Morgan fingerprint density at radius 3 is 2.59 bits per heavy atom. The summed E-state index contributed by atoms with van der Waals surface area (Å²) in [6, 6.07) is 6.54. The molecule has 0 radical (unpaired) electrons. The molecule has 17 heavy (non-hydrogen) atoms. The van der Waals surface area contributed by atoms with Gasteiger partial charge < -0.3 is 4.90 Å². The summed E-state index contributed by atoms with van der Waals surface area (Å²) in [6.07, 6.45) is 2.10. The molecule has 1 aromatic carbocycles. The zero-order chi connectivity index (χ0) is 12.4. The summed E-state index contributed by atoms with van der Waals surface area (Å²) in [5.41, 5.74) is 0.194. The van der Waals surface area contributed by atoms with E-state index in [-0.39, 0.29) is 11.5 Å². The standard InChI is InChI=1S/C14H18FNO/c1-10(2)9-16(11-7-8-11)14(17)12-5-3-4-6-13(12)15/h3-6,10-11H,7-9H2,1-2H3. The summed E-state index contributed by atoms with van der Waals surface area (Å²) in [6.45, 7) is 4.85. The van der Waals surface area contributed by atoms with Gasteiger partial charge in [-0.15, -0.1) is 0 Å². The normalized spacial score (nSPS) is 15.1. The monoisotopic (exact) mass is 235 g/mol. The van der Waals surface area contributed by atoms with E-state index in [1.165, 1.54) is 6.07 Å². The Morgan fingerprint density at radius 1 is 1.41 bits per heavy atom. The number of carbonyl (C=O) groups excluding carboxylic acids is 1. The van der Waals surface area contributed by atoms with Crippen LogP contribution in [0, 0.1) is 11.7 Å². The van der Waals surface area contributed by atoms with E-state index in [9.17, 15) is 9.18 Å². The van der Waals surface area contributed by atoms with Gasteiger partial charge in [-0.25, -0.2) is 4.39 Å². The van der Waals surface area contributed by atoms with Crippen molar-refractivity contribution in [2.45, 2.75) is 32.7 Å². The molecule has 1 fully saturated rings. The lowest BCUT2D eigenvalue weighted by molar-refractivity contribution is 0.0718. The number of carbonyl (C=O) groups is 1. The molecule has 3 heteroatoms. The van der Waals surface area contributed by atoms with Gasteiger partial charge in [-0.05, 0) is 30.9 Å². The van der Waals surface area contributed by atoms with Gasteiger partial charge in [0.2, 0.25) is 0 Å². The van der Waals surface area contributed by atoms with Crippen LogP contribution in [0.25, 0.3) is 0 Å². The first kappa shape index (κ1) is 12.1. The molecule has 92 valence electrons. The highest BCUT2D eigenvalue weighted by Gasteiger charge is 2.34. The van der Waals surface area contributed by atoms with Gasteiger partial charge in [0.05, 0.1) is 5.56 Å². The number of halogens is 1. The molecule has 1 amide bonds. The van der Waals surface area contributed by atoms with Crippen LogP contribution in [0.1, 0.15) is 37.0 Å². The average Bonchev–Trinajstić information content (AvgIpc) is 3.09. The molecular formula is C14H18FNO. The molecule has 0 atom stereocenters. The van der Waals surface area contributed by atoms with E-state index in [1.807, 2.05) is 4.90 Å². The van der Waals surface area contributed by atoms with Gasteiger partial charge in [-0.2, -0.15) is 0 Å². The van der Waals surface area contributed by atoms with Crippen LogP contribution in [-0.4, -0.2) is 23.4 Å². The SMILES string of the molecule is CC(C)CN(C(=O)c1ccccc1F)C1CC1. The lowest BCUT2D eigenvalue weighted by Gasteiger charge is -2.24. The molecule has 1 aromatic rings. The van der Waals surface area contributed by atoms with Crippen molar-refractivity contribution in [3.8, 4) is 0 Å². The average molecular weight is 235 g/mol. The van der Waals surface area contributed by atoms with Crippen molar-refractivity contribution in [3.63, 3.8) is 0 Å². The summed E-state index contributed by atoms with van der Waals surface area (Å²) in [7, 11) is 0. The first-order valence-electron chi connectivity index (χ1n) is 6.15. The maximum Gasteiger partial charge on any atom is 0.257 e. The Bertz CT molecular complexity index is 412. The molecule has 2 nitrogen and oxygen atoms in total. The Balaban J connectivity index is 2.19. The highest BCUT2D eigenvalue weighted by molar-refractivity contribution is 5.94. The van der Waals surface area contributed by atoms with Crippen LogP contribution in [0.4, 0.5) is 4.39 Å². The van der Waals surface area contributed by atoms with Gasteiger partial charge >= 0.3 is 0 Å². The fourth-order valence-electron chi connectivity index (χ4n) is 1.97. The van der Waals surface area contributed by atoms with Gasteiger partial charge in [-0.1, -0.05) is 26.0 Å². The van der Waals surface area contributed by atoms with Crippen molar-refractivity contribution >= 4 is 5.91 Å². The number of rotatable bonds is 4. The van der Waals surface area contributed by atoms with Crippen molar-refractivity contribution in [1.29, 1.82) is 0 Å².